The number of hydrogen-bond acceptors (Lipinski definition) is 6. The topological polar surface area (TPSA) is 93.2 Å². The smallest absolute Gasteiger partial charge is 0.264 e. The Morgan fingerprint density at radius 3 is 2.43 bits per heavy atom. The molecule has 1 aromatic heterocycles. The van der Waals surface area contributed by atoms with Gasteiger partial charge in [0.2, 0.25) is 5.91 Å². The Bertz CT molecular complexity index is 1130. The Labute approximate surface area is 167 Å². The number of nitrogens with zero attached hydrogens (tertiary/aromatic N) is 1. The molecule has 6 nitrogen and oxygen atoms in total. The maximum absolute atomic E-state index is 12.6. The number of nitrogens with one attached hydrogen (secondary N) is 1. The average molecular weight is 415 g/mol. The lowest BCUT2D eigenvalue weighted by atomic mass is 10.1. The molecule has 3 rings (SSSR count). The first kappa shape index (κ1) is 19.9. The quantitative estimate of drug-likeness (QED) is 0.624. The van der Waals surface area contributed by atoms with Gasteiger partial charge in [0.15, 0.2) is 5.78 Å². The SMILES string of the molecule is CC(=O)c1ccc(CC(=O)NS(=O)(=O)c2cccc(-c3nc(C)cs3)c2)cc1. The van der Waals surface area contributed by atoms with E-state index in [9.17, 15) is 18.0 Å². The largest absolute Gasteiger partial charge is 0.295 e. The molecule has 8 heteroatoms. The van der Waals surface area contributed by atoms with Crippen molar-refractivity contribution in [2.75, 3.05) is 0 Å². The van der Waals surface area contributed by atoms with E-state index in [4.69, 9.17) is 0 Å². The van der Waals surface area contributed by atoms with Crippen LogP contribution in [0.1, 0.15) is 28.5 Å². The molecular formula is C20H18N2O4S2. The van der Waals surface area contributed by atoms with Gasteiger partial charge in [-0.3, -0.25) is 9.59 Å². The van der Waals surface area contributed by atoms with E-state index in [1.165, 1.54) is 30.4 Å². The molecule has 2 aromatic carbocycles. The van der Waals surface area contributed by atoms with Gasteiger partial charge < -0.3 is 0 Å². The lowest BCUT2D eigenvalue weighted by Gasteiger charge is -2.08. The van der Waals surface area contributed by atoms with Gasteiger partial charge in [-0.1, -0.05) is 36.4 Å². The molecule has 3 aromatic rings. The molecule has 0 aliphatic carbocycles. The summed E-state index contributed by atoms with van der Waals surface area (Å²) in [5, 5.41) is 2.60. The van der Waals surface area contributed by atoms with Gasteiger partial charge >= 0.3 is 0 Å². The normalized spacial score (nSPS) is 11.2. The highest BCUT2D eigenvalue weighted by Gasteiger charge is 2.19. The Hall–Kier alpha value is -2.84. The second-order valence-corrected chi connectivity index (χ2v) is 8.82. The number of hydrogen-bond donors (Lipinski definition) is 1. The number of aromatic nitrogens is 1. The third-order valence-electron chi connectivity index (χ3n) is 3.98. The summed E-state index contributed by atoms with van der Waals surface area (Å²) in [5.41, 5.74) is 2.68. The maximum Gasteiger partial charge on any atom is 0.264 e. The highest BCUT2D eigenvalue weighted by Crippen LogP contribution is 2.25. The van der Waals surface area contributed by atoms with Crippen LogP contribution >= 0.6 is 11.3 Å². The minimum atomic E-state index is -4.00. The molecule has 0 aliphatic rings. The van der Waals surface area contributed by atoms with Crippen LogP contribution in [0.15, 0.2) is 58.8 Å². The zero-order valence-electron chi connectivity index (χ0n) is 15.3. The summed E-state index contributed by atoms with van der Waals surface area (Å²) in [6.07, 6.45) is -0.108. The molecule has 144 valence electrons. The van der Waals surface area contributed by atoms with Crippen molar-refractivity contribution in [2.24, 2.45) is 0 Å². The predicted molar refractivity (Wildman–Crippen MR) is 108 cm³/mol. The molecule has 0 saturated carbocycles. The maximum atomic E-state index is 12.6. The summed E-state index contributed by atoms with van der Waals surface area (Å²) in [5.74, 6) is -0.722. The van der Waals surface area contributed by atoms with Crippen LogP contribution in [0.2, 0.25) is 0 Å². The van der Waals surface area contributed by atoms with E-state index in [-0.39, 0.29) is 17.1 Å². The summed E-state index contributed by atoms with van der Waals surface area (Å²) in [4.78, 5) is 27.9. The first-order chi connectivity index (χ1) is 13.2. The number of carbonyl (C=O) groups is 2. The zero-order chi connectivity index (χ0) is 20.3. The summed E-state index contributed by atoms with van der Waals surface area (Å²) < 4.78 is 27.2. The summed E-state index contributed by atoms with van der Waals surface area (Å²) >= 11 is 1.42. The molecule has 0 radical (unpaired) electrons. The Balaban J connectivity index is 1.74. The Morgan fingerprint density at radius 1 is 1.11 bits per heavy atom. The van der Waals surface area contributed by atoms with Crippen molar-refractivity contribution in [3.05, 3.63) is 70.7 Å². The fourth-order valence-corrected chi connectivity index (χ4v) is 4.39. The Morgan fingerprint density at radius 2 is 1.82 bits per heavy atom. The zero-order valence-corrected chi connectivity index (χ0v) is 16.9. The molecule has 0 unspecified atom stereocenters. The third-order valence-corrected chi connectivity index (χ3v) is 6.36. The summed E-state index contributed by atoms with van der Waals surface area (Å²) in [6, 6.07) is 12.8. The van der Waals surface area contributed by atoms with Crippen LogP contribution in [-0.2, 0) is 21.2 Å². The number of aryl methyl sites for hydroxylation is 1. The van der Waals surface area contributed by atoms with Crippen LogP contribution in [0.4, 0.5) is 0 Å². The van der Waals surface area contributed by atoms with E-state index in [0.717, 1.165) is 5.69 Å². The van der Waals surface area contributed by atoms with Crippen molar-refractivity contribution in [2.45, 2.75) is 25.2 Å². The number of carbonyl (C=O) groups excluding carboxylic acids is 2. The standard InChI is InChI=1S/C20H18N2O4S2/c1-13-12-27-20(21-13)17-4-3-5-18(11-17)28(25,26)22-19(24)10-15-6-8-16(9-7-15)14(2)23/h3-9,11-12H,10H2,1-2H3,(H,22,24). The number of thiazole rings is 1. The number of sulfonamides is 1. The highest BCUT2D eigenvalue weighted by atomic mass is 32.2. The molecule has 1 heterocycles. The lowest BCUT2D eigenvalue weighted by molar-refractivity contribution is -0.118. The minimum Gasteiger partial charge on any atom is -0.295 e. The summed E-state index contributed by atoms with van der Waals surface area (Å²) in [7, 11) is -4.00. The number of benzene rings is 2. The van der Waals surface area contributed by atoms with E-state index in [0.29, 0.717) is 21.7 Å². The number of amides is 1. The highest BCUT2D eigenvalue weighted by molar-refractivity contribution is 7.90. The monoisotopic (exact) mass is 414 g/mol. The van der Waals surface area contributed by atoms with Gasteiger partial charge in [0, 0.05) is 22.2 Å². The number of rotatable bonds is 6. The predicted octanol–water partition coefficient (Wildman–Crippen LogP) is 3.37. The van der Waals surface area contributed by atoms with Gasteiger partial charge in [-0.05, 0) is 31.5 Å². The minimum absolute atomic E-state index is 0.00173. The van der Waals surface area contributed by atoms with Crippen LogP contribution < -0.4 is 4.72 Å². The van der Waals surface area contributed by atoms with Gasteiger partial charge in [-0.2, -0.15) is 0 Å². The molecule has 0 bridgehead atoms. The van der Waals surface area contributed by atoms with Crippen molar-refractivity contribution in [3.8, 4) is 10.6 Å². The average Bonchev–Trinajstić information content (AvgIpc) is 3.08. The molecule has 1 amide bonds. The molecule has 0 saturated heterocycles. The van der Waals surface area contributed by atoms with Gasteiger partial charge in [0.25, 0.3) is 10.0 Å². The van der Waals surface area contributed by atoms with Crippen molar-refractivity contribution < 1.29 is 18.0 Å². The fourth-order valence-electron chi connectivity index (χ4n) is 2.57. The lowest BCUT2D eigenvalue weighted by Crippen LogP contribution is -2.31. The molecule has 28 heavy (non-hydrogen) atoms. The van der Waals surface area contributed by atoms with Gasteiger partial charge in [0.05, 0.1) is 11.3 Å². The van der Waals surface area contributed by atoms with Crippen LogP contribution in [-0.4, -0.2) is 25.1 Å². The van der Waals surface area contributed by atoms with Crippen molar-refractivity contribution in [3.63, 3.8) is 0 Å². The molecule has 1 N–H and O–H groups in total. The van der Waals surface area contributed by atoms with E-state index in [2.05, 4.69) is 9.71 Å². The van der Waals surface area contributed by atoms with E-state index in [1.807, 2.05) is 12.3 Å². The van der Waals surface area contributed by atoms with E-state index < -0.39 is 15.9 Å². The van der Waals surface area contributed by atoms with E-state index in [1.54, 1.807) is 36.4 Å². The first-order valence-electron chi connectivity index (χ1n) is 8.43. The van der Waals surface area contributed by atoms with E-state index >= 15 is 0 Å². The third kappa shape index (κ3) is 4.71. The van der Waals surface area contributed by atoms with Crippen molar-refractivity contribution in [1.29, 1.82) is 0 Å². The molecule has 0 fully saturated rings. The first-order valence-corrected chi connectivity index (χ1v) is 10.8. The van der Waals surface area contributed by atoms with Crippen molar-refractivity contribution in [1.82, 2.24) is 9.71 Å². The second-order valence-electron chi connectivity index (χ2n) is 6.28. The molecular weight excluding hydrogens is 396 g/mol. The van der Waals surface area contributed by atoms with Crippen molar-refractivity contribution >= 4 is 33.1 Å². The van der Waals surface area contributed by atoms with Crippen LogP contribution in [0.3, 0.4) is 0 Å². The van der Waals surface area contributed by atoms with Gasteiger partial charge in [-0.25, -0.2) is 18.1 Å². The number of ketones is 1. The van der Waals surface area contributed by atoms with Gasteiger partial charge in [0.1, 0.15) is 5.01 Å². The van der Waals surface area contributed by atoms with Gasteiger partial charge in [-0.15, -0.1) is 11.3 Å². The molecule has 0 spiro atoms. The number of Topliss-reactive ketones (excluding diaryl/α,β-unsaturated/α-hetero) is 1. The van der Waals surface area contributed by atoms with Crippen LogP contribution in [0.25, 0.3) is 10.6 Å². The molecule has 0 aliphatic heterocycles. The molecule has 0 atom stereocenters. The summed E-state index contributed by atoms with van der Waals surface area (Å²) in [6.45, 7) is 3.32. The van der Waals surface area contributed by atoms with Crippen LogP contribution in [0.5, 0.6) is 0 Å². The van der Waals surface area contributed by atoms with Crippen LogP contribution in [0, 0.1) is 6.92 Å². The second kappa shape index (κ2) is 8.04. The Kier molecular flexibility index (Phi) is 5.71. The fraction of sp³-hybridized carbons (Fsp3) is 0.150.